The van der Waals surface area contributed by atoms with Crippen molar-refractivity contribution < 1.29 is 53.3 Å². The minimum atomic E-state index is -1.31. The lowest BCUT2D eigenvalue weighted by molar-refractivity contribution is -0.178. The monoisotopic (exact) mass is 777 g/mol. The van der Waals surface area contributed by atoms with Crippen LogP contribution in [0.15, 0.2) is 18.2 Å². The van der Waals surface area contributed by atoms with Crippen molar-refractivity contribution in [1.82, 2.24) is 15.1 Å². The largest absolute Gasteiger partial charge is 0.504 e. The van der Waals surface area contributed by atoms with E-state index < -0.39 is 47.9 Å². The number of phenolic OH excluding ortho intramolecular Hbond substituents is 2. The van der Waals surface area contributed by atoms with Crippen molar-refractivity contribution in [2.24, 2.45) is 0 Å². The molecule has 3 aromatic rings. The molecule has 0 aliphatic carbocycles. The molecule has 5 aliphatic rings. The van der Waals surface area contributed by atoms with Crippen LogP contribution in [0, 0.1) is 20.8 Å². The van der Waals surface area contributed by atoms with Gasteiger partial charge in [0.05, 0.1) is 32.3 Å². The van der Waals surface area contributed by atoms with Crippen molar-refractivity contribution >= 4 is 23.7 Å². The van der Waals surface area contributed by atoms with E-state index in [9.17, 15) is 24.9 Å². The highest BCUT2D eigenvalue weighted by Gasteiger charge is 2.56. The molecule has 1 spiro atoms. The Bertz CT molecular complexity index is 2090. The predicted octanol–water partition coefficient (Wildman–Crippen LogP) is 3.67. The Morgan fingerprint density at radius 1 is 0.982 bits per heavy atom. The number of hydrogen-bond donors (Lipinski definition) is 4. The maximum absolute atomic E-state index is 14.8. The van der Waals surface area contributed by atoms with Crippen molar-refractivity contribution in [2.75, 3.05) is 52.7 Å². The van der Waals surface area contributed by atoms with E-state index in [4.69, 9.17) is 28.4 Å². The standard InChI is InChI=1S/C40H47N3O11S/c1-18-10-23-11-25-38(47)43-26(30-19(2)35(54-21(4)44)20(3)36-37(30)53-17-52-36)14-51-39(48)40(24-13-29(49-6)28(45)12-22(24)8-9-41-40)16-55-15-27(43)32(42(25)5)31(23)33(46)34(18)50-7/h10,12-13,25-27,32,38,41,45-47H,8-9,11,14-17H2,1-7H3/t25-,26+,27+,32-,38+,40-/m1/s1. The summed E-state index contributed by atoms with van der Waals surface area (Å²) in [5.41, 5.74) is 4.32. The first kappa shape index (κ1) is 37.5. The van der Waals surface area contributed by atoms with Gasteiger partial charge in [-0.2, -0.15) is 11.8 Å². The van der Waals surface area contributed by atoms with Crippen LogP contribution in [0.25, 0.3) is 0 Å². The van der Waals surface area contributed by atoms with E-state index in [1.54, 1.807) is 19.1 Å². The van der Waals surface area contributed by atoms with Crippen LogP contribution in [-0.2, 0) is 32.7 Å². The predicted molar refractivity (Wildman–Crippen MR) is 201 cm³/mol. The number of carbonyl (C=O) groups excluding carboxylic acids is 2. The number of ether oxygens (including phenoxy) is 6. The van der Waals surface area contributed by atoms with Gasteiger partial charge in [0.1, 0.15) is 18.6 Å². The second-order valence-electron chi connectivity index (χ2n) is 15.0. The quantitative estimate of drug-likeness (QED) is 0.224. The van der Waals surface area contributed by atoms with Crippen LogP contribution in [0.2, 0.25) is 0 Å². The maximum Gasteiger partial charge on any atom is 0.331 e. The summed E-state index contributed by atoms with van der Waals surface area (Å²) in [5, 5.41) is 38.7. The number of aliphatic hydroxyl groups is 1. The Labute approximate surface area is 323 Å². The number of hydrogen-bond acceptors (Lipinski definition) is 15. The molecular formula is C40H47N3O11S. The Balaban J connectivity index is 1.34. The van der Waals surface area contributed by atoms with Crippen molar-refractivity contribution in [3.05, 3.63) is 62.7 Å². The van der Waals surface area contributed by atoms with Crippen LogP contribution < -0.4 is 29.0 Å². The van der Waals surface area contributed by atoms with Crippen LogP contribution in [0.1, 0.15) is 63.5 Å². The molecule has 8 rings (SSSR count). The molecule has 0 radical (unpaired) electrons. The molecule has 5 aliphatic heterocycles. The molecule has 0 amide bonds. The Morgan fingerprint density at radius 3 is 2.47 bits per heavy atom. The molecule has 0 saturated carbocycles. The first-order chi connectivity index (χ1) is 26.3. The number of piperazine rings is 1. The zero-order chi connectivity index (χ0) is 39.1. The third kappa shape index (κ3) is 5.68. The molecule has 5 heterocycles. The molecule has 294 valence electrons. The van der Waals surface area contributed by atoms with Crippen LogP contribution >= 0.6 is 11.8 Å². The molecule has 15 heteroatoms. The molecular weight excluding hydrogens is 731 g/mol. The van der Waals surface area contributed by atoms with Crippen LogP contribution in [0.5, 0.6) is 40.2 Å². The van der Waals surface area contributed by atoms with Gasteiger partial charge < -0.3 is 43.7 Å². The van der Waals surface area contributed by atoms with E-state index in [2.05, 4.69) is 10.2 Å². The van der Waals surface area contributed by atoms with Gasteiger partial charge in [-0.3, -0.25) is 19.9 Å². The molecule has 2 bridgehead atoms. The zero-order valence-electron chi connectivity index (χ0n) is 32.0. The molecule has 55 heavy (non-hydrogen) atoms. The minimum absolute atomic E-state index is 0.0142. The SMILES string of the molecule is COc1cc2c(cc1O)CCN[C@]21CSC[C@H]2[C@@H]3c4c(cc(C)c(OC)c4O)C[C@H]([C@H](O)N2[C@H](c2c(C)c(OC(C)=O)c(C)c4c2OCO4)COC1=O)N3C. The summed E-state index contributed by atoms with van der Waals surface area (Å²) in [6.45, 7) is 7.01. The number of aryl methyl sites for hydroxylation is 1. The van der Waals surface area contributed by atoms with Crippen LogP contribution in [-0.4, -0.2) is 108 Å². The second kappa shape index (κ2) is 14.0. The zero-order valence-corrected chi connectivity index (χ0v) is 32.8. The Morgan fingerprint density at radius 2 is 1.75 bits per heavy atom. The number of aliphatic hydroxyl groups excluding tert-OH is 1. The van der Waals surface area contributed by atoms with Gasteiger partial charge in [0, 0.05) is 53.3 Å². The van der Waals surface area contributed by atoms with Gasteiger partial charge in [-0.1, -0.05) is 6.07 Å². The molecule has 2 fully saturated rings. The van der Waals surface area contributed by atoms with Crippen LogP contribution in [0.4, 0.5) is 0 Å². The molecule has 14 nitrogen and oxygen atoms in total. The number of likely N-dealkylation sites (N-methyl/N-ethyl adjacent to an activating group) is 1. The van der Waals surface area contributed by atoms with E-state index in [1.807, 2.05) is 31.9 Å². The molecule has 0 unspecified atom stereocenters. The van der Waals surface area contributed by atoms with Gasteiger partial charge in [0.25, 0.3) is 0 Å². The van der Waals surface area contributed by atoms with E-state index in [-0.39, 0.29) is 36.4 Å². The molecule has 3 aromatic carbocycles. The number of thioether (sulfide) groups is 1. The number of nitrogens with one attached hydrogen (secondary N) is 1. The number of carbonyl (C=O) groups is 2. The highest BCUT2D eigenvalue weighted by Crippen LogP contribution is 2.55. The summed E-state index contributed by atoms with van der Waals surface area (Å²) < 4.78 is 35.6. The normalized spacial score (nSPS) is 27.4. The summed E-state index contributed by atoms with van der Waals surface area (Å²) in [7, 11) is 4.97. The smallest absolute Gasteiger partial charge is 0.331 e. The van der Waals surface area contributed by atoms with Crippen molar-refractivity contribution in [1.29, 1.82) is 0 Å². The number of cyclic esters (lactones) is 1. The number of aromatic hydroxyl groups is 2. The summed E-state index contributed by atoms with van der Waals surface area (Å²) in [6.07, 6.45) is -0.0563. The van der Waals surface area contributed by atoms with E-state index in [0.29, 0.717) is 70.4 Å². The van der Waals surface area contributed by atoms with Gasteiger partial charge in [0.2, 0.25) is 6.79 Å². The molecule has 0 aromatic heterocycles. The highest BCUT2D eigenvalue weighted by molar-refractivity contribution is 7.99. The topological polar surface area (TPSA) is 169 Å². The minimum Gasteiger partial charge on any atom is -0.504 e. The fourth-order valence-electron chi connectivity index (χ4n) is 9.65. The number of methoxy groups -OCH3 is 2. The van der Waals surface area contributed by atoms with Crippen molar-refractivity contribution in [3.63, 3.8) is 0 Å². The van der Waals surface area contributed by atoms with Gasteiger partial charge in [0.15, 0.2) is 40.0 Å². The summed E-state index contributed by atoms with van der Waals surface area (Å²) >= 11 is 1.53. The number of nitrogens with zero attached hydrogens (tertiary/aromatic N) is 2. The summed E-state index contributed by atoms with van der Waals surface area (Å²) in [6, 6.07) is 3.23. The fourth-order valence-corrected chi connectivity index (χ4v) is 11.0. The lowest BCUT2D eigenvalue weighted by Crippen LogP contribution is -2.68. The average Bonchev–Trinajstić information content (AvgIpc) is 3.63. The number of benzene rings is 3. The number of rotatable bonds is 4. The van der Waals surface area contributed by atoms with Crippen LogP contribution in [0.3, 0.4) is 0 Å². The first-order valence-electron chi connectivity index (χ1n) is 18.4. The third-order valence-electron chi connectivity index (χ3n) is 12.1. The van der Waals surface area contributed by atoms with Gasteiger partial charge in [-0.15, -0.1) is 0 Å². The lowest BCUT2D eigenvalue weighted by atomic mass is 9.78. The first-order valence-corrected chi connectivity index (χ1v) is 19.6. The fraction of sp³-hybridized carbons (Fsp3) is 0.500. The van der Waals surface area contributed by atoms with E-state index >= 15 is 0 Å². The summed E-state index contributed by atoms with van der Waals surface area (Å²) in [5.74, 6) is 1.44. The molecule has 6 atom stereocenters. The Kier molecular flexibility index (Phi) is 9.52. The number of phenols is 2. The maximum atomic E-state index is 14.8. The van der Waals surface area contributed by atoms with Gasteiger partial charge in [-0.05, 0) is 75.0 Å². The highest BCUT2D eigenvalue weighted by atomic mass is 32.2. The third-order valence-corrected chi connectivity index (χ3v) is 13.3. The van der Waals surface area contributed by atoms with Crippen molar-refractivity contribution in [2.45, 2.75) is 76.5 Å². The molecule has 4 N–H and O–H groups in total. The Hall–Kier alpha value is -4.41. The van der Waals surface area contributed by atoms with E-state index in [0.717, 1.165) is 22.3 Å². The molecule has 2 saturated heterocycles. The lowest BCUT2D eigenvalue weighted by Gasteiger charge is -2.58. The van der Waals surface area contributed by atoms with Gasteiger partial charge >= 0.3 is 11.9 Å². The van der Waals surface area contributed by atoms with E-state index in [1.165, 1.54) is 32.9 Å². The number of fused-ring (bicyclic) bond motifs is 9. The van der Waals surface area contributed by atoms with Crippen molar-refractivity contribution in [3.8, 4) is 40.2 Å². The number of esters is 2. The second-order valence-corrected chi connectivity index (χ2v) is 16.0. The summed E-state index contributed by atoms with van der Waals surface area (Å²) in [4.78, 5) is 31.3. The average molecular weight is 778 g/mol. The van der Waals surface area contributed by atoms with Gasteiger partial charge in [-0.25, -0.2) is 4.79 Å².